The van der Waals surface area contributed by atoms with E-state index in [0.29, 0.717) is 5.92 Å². The number of pyridine rings is 1. The predicted octanol–water partition coefficient (Wildman–Crippen LogP) is 2.31. The van der Waals surface area contributed by atoms with E-state index in [0.717, 1.165) is 51.3 Å². The van der Waals surface area contributed by atoms with Crippen LogP contribution < -0.4 is 4.90 Å². The zero-order valence-corrected chi connectivity index (χ0v) is 15.5. The second-order valence-corrected chi connectivity index (χ2v) is 7.08. The Bertz CT molecular complexity index is 735. The topological polar surface area (TPSA) is 74.5 Å². The van der Waals surface area contributed by atoms with Gasteiger partial charge in [0.1, 0.15) is 11.6 Å². The summed E-state index contributed by atoms with van der Waals surface area (Å²) in [5.41, 5.74) is 0.0982. The van der Waals surface area contributed by atoms with Gasteiger partial charge in [0.25, 0.3) is 0 Å². The average Bonchev–Trinajstić information content (AvgIpc) is 3.10. The number of aryl methyl sites for hydroxylation is 1. The molecule has 0 radical (unpaired) electrons. The molecule has 0 atom stereocenters. The standard InChI is InChI=1S/C19H27N5O2/c1-22(2)10-4-11-24-14-9-20-18(24)15-7-12-23(13-8-15)17-6-3-5-16(21-17)19(25)26/h3,5-6,9,14-15H,4,7-8,10-13H2,1-2H3,(H,25,26). The highest BCUT2D eigenvalue weighted by Crippen LogP contribution is 2.29. The smallest absolute Gasteiger partial charge is 0.354 e. The summed E-state index contributed by atoms with van der Waals surface area (Å²) in [7, 11) is 4.19. The lowest BCUT2D eigenvalue weighted by atomic mass is 9.96. The van der Waals surface area contributed by atoms with Crippen LogP contribution in [0.1, 0.15) is 41.5 Å². The van der Waals surface area contributed by atoms with Crippen molar-refractivity contribution in [2.45, 2.75) is 31.7 Å². The first-order valence-electron chi connectivity index (χ1n) is 9.15. The van der Waals surface area contributed by atoms with Crippen LogP contribution in [0.15, 0.2) is 30.6 Å². The fraction of sp³-hybridized carbons (Fsp3) is 0.526. The van der Waals surface area contributed by atoms with Gasteiger partial charge in [-0.05, 0) is 52.0 Å². The number of carboxylic acid groups (broad SMARTS) is 1. The Morgan fingerprint density at radius 1 is 1.31 bits per heavy atom. The molecule has 0 spiro atoms. The van der Waals surface area contributed by atoms with Gasteiger partial charge in [0.2, 0.25) is 0 Å². The molecule has 0 amide bonds. The van der Waals surface area contributed by atoms with Gasteiger partial charge in [0, 0.05) is 37.9 Å². The van der Waals surface area contributed by atoms with Gasteiger partial charge in [0.05, 0.1) is 0 Å². The largest absolute Gasteiger partial charge is 0.477 e. The fourth-order valence-electron chi connectivity index (χ4n) is 3.51. The number of aromatic nitrogens is 3. The molecule has 140 valence electrons. The Kier molecular flexibility index (Phi) is 5.88. The van der Waals surface area contributed by atoms with Gasteiger partial charge in [-0.15, -0.1) is 0 Å². The number of nitrogens with zero attached hydrogens (tertiary/aromatic N) is 5. The molecule has 7 heteroatoms. The summed E-state index contributed by atoms with van der Waals surface area (Å²) in [5, 5.41) is 9.12. The van der Waals surface area contributed by atoms with Gasteiger partial charge in [-0.2, -0.15) is 0 Å². The third-order valence-corrected chi connectivity index (χ3v) is 4.89. The predicted molar refractivity (Wildman–Crippen MR) is 101 cm³/mol. The second-order valence-electron chi connectivity index (χ2n) is 7.08. The number of anilines is 1. The van der Waals surface area contributed by atoms with Crippen molar-refractivity contribution < 1.29 is 9.90 Å². The van der Waals surface area contributed by atoms with E-state index in [-0.39, 0.29) is 5.69 Å². The van der Waals surface area contributed by atoms with Crippen molar-refractivity contribution in [2.24, 2.45) is 0 Å². The van der Waals surface area contributed by atoms with E-state index < -0.39 is 5.97 Å². The van der Waals surface area contributed by atoms with Crippen molar-refractivity contribution >= 4 is 11.8 Å². The number of piperidine rings is 1. The first-order valence-corrected chi connectivity index (χ1v) is 9.15. The molecule has 0 bridgehead atoms. The molecule has 2 aromatic heterocycles. The normalized spacial score (nSPS) is 15.6. The number of carboxylic acids is 1. The quantitative estimate of drug-likeness (QED) is 0.820. The van der Waals surface area contributed by atoms with E-state index in [1.54, 1.807) is 6.07 Å². The molecule has 0 aromatic carbocycles. The molecule has 1 fully saturated rings. The van der Waals surface area contributed by atoms with Crippen molar-refractivity contribution in [3.8, 4) is 0 Å². The van der Waals surface area contributed by atoms with Crippen LogP contribution in [-0.2, 0) is 6.54 Å². The number of aromatic carboxylic acids is 1. The first kappa shape index (κ1) is 18.4. The van der Waals surface area contributed by atoms with Gasteiger partial charge in [0.15, 0.2) is 5.69 Å². The van der Waals surface area contributed by atoms with Crippen LogP contribution in [-0.4, -0.2) is 64.2 Å². The number of hydrogen-bond acceptors (Lipinski definition) is 5. The molecule has 1 saturated heterocycles. The number of imidazole rings is 1. The summed E-state index contributed by atoms with van der Waals surface area (Å²) < 4.78 is 2.28. The van der Waals surface area contributed by atoms with Gasteiger partial charge in [-0.25, -0.2) is 14.8 Å². The Morgan fingerprint density at radius 3 is 2.77 bits per heavy atom. The maximum Gasteiger partial charge on any atom is 0.354 e. The first-order chi connectivity index (χ1) is 12.5. The van der Waals surface area contributed by atoms with Crippen molar-refractivity contribution in [3.63, 3.8) is 0 Å². The molecular weight excluding hydrogens is 330 g/mol. The molecule has 26 heavy (non-hydrogen) atoms. The van der Waals surface area contributed by atoms with Crippen LogP contribution in [0.25, 0.3) is 0 Å². The van der Waals surface area contributed by atoms with Gasteiger partial charge in [-0.1, -0.05) is 6.07 Å². The van der Waals surface area contributed by atoms with Crippen molar-refractivity contribution in [2.75, 3.05) is 38.6 Å². The van der Waals surface area contributed by atoms with E-state index in [1.807, 2.05) is 12.3 Å². The Morgan fingerprint density at radius 2 is 2.08 bits per heavy atom. The van der Waals surface area contributed by atoms with E-state index in [9.17, 15) is 4.79 Å². The third kappa shape index (κ3) is 4.40. The minimum absolute atomic E-state index is 0.0982. The van der Waals surface area contributed by atoms with E-state index in [4.69, 9.17) is 5.11 Å². The van der Waals surface area contributed by atoms with Crippen molar-refractivity contribution in [3.05, 3.63) is 42.1 Å². The highest BCUT2D eigenvalue weighted by Gasteiger charge is 2.25. The van der Waals surface area contributed by atoms with Crippen LogP contribution in [0.4, 0.5) is 5.82 Å². The molecular formula is C19H27N5O2. The minimum Gasteiger partial charge on any atom is -0.477 e. The lowest BCUT2D eigenvalue weighted by molar-refractivity contribution is 0.0690. The highest BCUT2D eigenvalue weighted by molar-refractivity contribution is 5.85. The van der Waals surface area contributed by atoms with Crippen molar-refractivity contribution in [1.82, 2.24) is 19.4 Å². The minimum atomic E-state index is -0.985. The van der Waals surface area contributed by atoms with Gasteiger partial charge < -0.3 is 19.5 Å². The number of carbonyl (C=O) groups is 1. The molecule has 7 nitrogen and oxygen atoms in total. The molecule has 1 aliphatic rings. The summed E-state index contributed by atoms with van der Waals surface area (Å²) in [4.78, 5) is 24.4. The van der Waals surface area contributed by atoms with Crippen LogP contribution in [0.5, 0.6) is 0 Å². The summed E-state index contributed by atoms with van der Waals surface area (Å²) in [5.74, 6) is 1.39. The van der Waals surface area contributed by atoms with Crippen LogP contribution in [0, 0.1) is 0 Å². The second kappa shape index (κ2) is 8.31. The summed E-state index contributed by atoms with van der Waals surface area (Å²) >= 11 is 0. The maximum absolute atomic E-state index is 11.1. The molecule has 1 N–H and O–H groups in total. The lowest BCUT2D eigenvalue weighted by Gasteiger charge is -2.32. The number of hydrogen-bond donors (Lipinski definition) is 1. The SMILES string of the molecule is CN(C)CCCn1ccnc1C1CCN(c2cccc(C(=O)O)n2)CC1. The van der Waals surface area contributed by atoms with Crippen LogP contribution in [0.2, 0.25) is 0 Å². The van der Waals surface area contributed by atoms with Gasteiger partial charge >= 0.3 is 5.97 Å². The summed E-state index contributed by atoms with van der Waals surface area (Å²) in [6.07, 6.45) is 7.10. The average molecular weight is 357 g/mol. The summed E-state index contributed by atoms with van der Waals surface area (Å²) in [6.45, 7) is 3.80. The van der Waals surface area contributed by atoms with Gasteiger partial charge in [-0.3, -0.25) is 0 Å². The van der Waals surface area contributed by atoms with Crippen LogP contribution >= 0.6 is 0 Å². The van der Waals surface area contributed by atoms with Crippen LogP contribution in [0.3, 0.4) is 0 Å². The molecule has 0 saturated carbocycles. The van der Waals surface area contributed by atoms with E-state index in [2.05, 4.69) is 44.6 Å². The fourth-order valence-corrected chi connectivity index (χ4v) is 3.51. The molecule has 3 heterocycles. The third-order valence-electron chi connectivity index (χ3n) is 4.89. The summed E-state index contributed by atoms with van der Waals surface area (Å²) in [6, 6.07) is 5.17. The Balaban J connectivity index is 1.60. The van der Waals surface area contributed by atoms with E-state index in [1.165, 1.54) is 11.9 Å². The maximum atomic E-state index is 11.1. The molecule has 3 rings (SSSR count). The zero-order chi connectivity index (χ0) is 18.5. The van der Waals surface area contributed by atoms with E-state index >= 15 is 0 Å². The lowest BCUT2D eigenvalue weighted by Crippen LogP contribution is -2.34. The monoisotopic (exact) mass is 357 g/mol. The van der Waals surface area contributed by atoms with Crippen molar-refractivity contribution in [1.29, 1.82) is 0 Å². The molecule has 0 aliphatic carbocycles. The molecule has 0 unspecified atom stereocenters. The Hall–Kier alpha value is -2.41. The highest BCUT2D eigenvalue weighted by atomic mass is 16.4. The zero-order valence-electron chi connectivity index (χ0n) is 15.5. The Labute approximate surface area is 154 Å². The molecule has 1 aliphatic heterocycles. The number of rotatable bonds is 7. The molecule has 2 aromatic rings.